The van der Waals surface area contributed by atoms with Gasteiger partial charge in [-0.15, -0.1) is 0 Å². The Hall–Kier alpha value is -0.370. The Labute approximate surface area is 69.2 Å². The Balaban J connectivity index is 3.17. The van der Waals surface area contributed by atoms with Crippen LogP contribution in [0.5, 0.6) is 0 Å². The van der Waals surface area contributed by atoms with Crippen molar-refractivity contribution in [1.29, 1.82) is 0 Å². The summed E-state index contributed by atoms with van der Waals surface area (Å²) in [5.41, 5.74) is 3.79. The summed E-state index contributed by atoms with van der Waals surface area (Å²) in [5, 5.41) is 0. The Morgan fingerprint density at radius 2 is 2.00 bits per heavy atom. The Morgan fingerprint density at radius 1 is 1.36 bits per heavy atom. The van der Waals surface area contributed by atoms with E-state index in [9.17, 15) is 4.79 Å². The second-order valence-electron chi connectivity index (χ2n) is 3.16. The van der Waals surface area contributed by atoms with Gasteiger partial charge in [-0.1, -0.05) is 26.2 Å². The largest absolute Gasteiger partial charge is 0.349 e. The maximum Gasteiger partial charge on any atom is 0.186 e. The highest BCUT2D eigenvalue weighted by atomic mass is 16.1. The Kier molecular flexibility index (Phi) is 6.13. The van der Waals surface area contributed by atoms with Crippen molar-refractivity contribution in [1.82, 2.24) is 0 Å². The van der Waals surface area contributed by atoms with Crippen molar-refractivity contribution >= 4 is 5.78 Å². The molecular weight excluding hydrogens is 138 g/mol. The first-order chi connectivity index (χ1) is 5.18. The molecule has 0 bridgehead atoms. The summed E-state index contributed by atoms with van der Waals surface area (Å²) in [7, 11) is 0. The predicted octanol–water partition coefficient (Wildman–Crippen LogP) is 1.16. The molecule has 3 N–H and O–H groups in total. The van der Waals surface area contributed by atoms with Gasteiger partial charge in [0.05, 0.1) is 0 Å². The highest BCUT2D eigenvalue weighted by Gasteiger charge is 2.09. The number of carbonyl (C=O) groups excluding carboxylic acids is 1. The predicted molar refractivity (Wildman–Crippen MR) is 46.1 cm³/mol. The lowest BCUT2D eigenvalue weighted by atomic mass is 10.1. The number of unbranched alkanes of at least 4 members (excludes halogenated alkanes) is 3. The molecule has 0 saturated carbocycles. The molecule has 1 unspecified atom stereocenters. The van der Waals surface area contributed by atoms with Gasteiger partial charge in [-0.3, -0.25) is 4.79 Å². The van der Waals surface area contributed by atoms with Crippen LogP contribution >= 0.6 is 0 Å². The quantitative estimate of drug-likeness (QED) is 0.579. The number of hydrogen-bond donors (Lipinski definition) is 1. The fraction of sp³-hybridized carbons (Fsp3) is 0.889. The topological polar surface area (TPSA) is 44.7 Å². The number of hydrogen-bond acceptors (Lipinski definition) is 1. The first kappa shape index (κ1) is 10.6. The molecule has 0 rings (SSSR count). The van der Waals surface area contributed by atoms with Crippen LogP contribution in [0.4, 0.5) is 0 Å². The molecule has 0 aromatic rings. The van der Waals surface area contributed by atoms with Crippen LogP contribution in [0.1, 0.15) is 46.0 Å². The number of rotatable bonds is 6. The molecule has 2 nitrogen and oxygen atoms in total. The van der Waals surface area contributed by atoms with Gasteiger partial charge in [0.2, 0.25) is 0 Å². The average molecular weight is 158 g/mol. The molecule has 0 fully saturated rings. The summed E-state index contributed by atoms with van der Waals surface area (Å²) in [6.45, 7) is 3.81. The van der Waals surface area contributed by atoms with Gasteiger partial charge in [0.25, 0.3) is 0 Å². The number of ketones is 1. The van der Waals surface area contributed by atoms with Crippen LogP contribution in [-0.2, 0) is 4.79 Å². The number of Topliss-reactive ketones (excluding diaryl/α,β-unsaturated/α-hetero) is 1. The van der Waals surface area contributed by atoms with Gasteiger partial charge in [0.1, 0.15) is 6.04 Å². The fourth-order valence-electron chi connectivity index (χ4n) is 1.02. The van der Waals surface area contributed by atoms with E-state index in [2.05, 4.69) is 12.7 Å². The number of quaternary nitrogens is 1. The molecule has 0 amide bonds. The van der Waals surface area contributed by atoms with Crippen molar-refractivity contribution in [2.24, 2.45) is 0 Å². The van der Waals surface area contributed by atoms with Crippen LogP contribution in [0.3, 0.4) is 0 Å². The van der Waals surface area contributed by atoms with E-state index in [4.69, 9.17) is 0 Å². The molecule has 11 heavy (non-hydrogen) atoms. The van der Waals surface area contributed by atoms with E-state index in [0.29, 0.717) is 0 Å². The zero-order valence-electron chi connectivity index (χ0n) is 7.73. The van der Waals surface area contributed by atoms with Crippen molar-refractivity contribution < 1.29 is 10.5 Å². The minimum atomic E-state index is 0.0341. The molecule has 0 heterocycles. The normalized spacial score (nSPS) is 13.0. The summed E-state index contributed by atoms with van der Waals surface area (Å²) in [5.74, 6) is 0.224. The first-order valence-electron chi connectivity index (χ1n) is 4.52. The van der Waals surface area contributed by atoms with E-state index in [1.807, 2.05) is 0 Å². The lowest BCUT2D eigenvalue weighted by molar-refractivity contribution is -0.404. The van der Waals surface area contributed by atoms with Crippen LogP contribution in [0.25, 0.3) is 0 Å². The monoisotopic (exact) mass is 158 g/mol. The molecule has 0 aliphatic carbocycles. The smallest absolute Gasteiger partial charge is 0.186 e. The third-order valence-electron chi connectivity index (χ3n) is 1.98. The second kappa shape index (κ2) is 6.35. The molecule has 0 aliphatic rings. The van der Waals surface area contributed by atoms with E-state index in [0.717, 1.165) is 12.8 Å². The van der Waals surface area contributed by atoms with E-state index in [1.54, 1.807) is 6.92 Å². The number of carbonyl (C=O) groups is 1. The van der Waals surface area contributed by atoms with Gasteiger partial charge in [-0.25, -0.2) is 0 Å². The zero-order valence-corrected chi connectivity index (χ0v) is 7.73. The van der Waals surface area contributed by atoms with Gasteiger partial charge >= 0.3 is 0 Å². The minimum absolute atomic E-state index is 0.0341. The summed E-state index contributed by atoms with van der Waals surface area (Å²) in [4.78, 5) is 10.7. The molecule has 1 atom stereocenters. The summed E-state index contributed by atoms with van der Waals surface area (Å²) < 4.78 is 0. The molecule has 0 aromatic carbocycles. The molecule has 0 radical (unpaired) electrons. The van der Waals surface area contributed by atoms with Gasteiger partial charge in [0, 0.05) is 13.3 Å². The van der Waals surface area contributed by atoms with Crippen LogP contribution < -0.4 is 5.73 Å². The third kappa shape index (κ3) is 6.05. The molecule has 2 heteroatoms. The van der Waals surface area contributed by atoms with Gasteiger partial charge in [-0.05, 0) is 6.42 Å². The SMILES string of the molecule is CCCCCCC([NH3+])C(C)=O. The van der Waals surface area contributed by atoms with Crippen LogP contribution in [-0.4, -0.2) is 11.8 Å². The summed E-state index contributed by atoms with van der Waals surface area (Å²) in [6.07, 6.45) is 5.90. The van der Waals surface area contributed by atoms with Crippen molar-refractivity contribution in [3.8, 4) is 0 Å². The first-order valence-corrected chi connectivity index (χ1v) is 4.52. The van der Waals surface area contributed by atoms with Crippen LogP contribution in [0.2, 0.25) is 0 Å². The molecule has 0 aromatic heterocycles. The van der Waals surface area contributed by atoms with Crippen LogP contribution in [0.15, 0.2) is 0 Å². The highest BCUT2D eigenvalue weighted by molar-refractivity contribution is 5.79. The summed E-state index contributed by atoms with van der Waals surface area (Å²) in [6, 6.07) is 0.0341. The maximum atomic E-state index is 10.7. The van der Waals surface area contributed by atoms with E-state index in [-0.39, 0.29) is 11.8 Å². The fourth-order valence-corrected chi connectivity index (χ4v) is 1.02. The lowest BCUT2D eigenvalue weighted by Gasteiger charge is -2.02. The second-order valence-corrected chi connectivity index (χ2v) is 3.16. The zero-order chi connectivity index (χ0) is 8.69. The standard InChI is InChI=1S/C9H19NO/c1-3-4-5-6-7-9(10)8(2)11/h9H,3-7,10H2,1-2H3/p+1. The molecule has 0 saturated heterocycles. The van der Waals surface area contributed by atoms with E-state index >= 15 is 0 Å². The van der Waals surface area contributed by atoms with Crippen molar-refractivity contribution in [2.45, 2.75) is 52.0 Å². The molecular formula is C9H20NO+. The Morgan fingerprint density at radius 3 is 2.45 bits per heavy atom. The van der Waals surface area contributed by atoms with Crippen molar-refractivity contribution in [2.75, 3.05) is 0 Å². The van der Waals surface area contributed by atoms with Crippen molar-refractivity contribution in [3.63, 3.8) is 0 Å². The summed E-state index contributed by atoms with van der Waals surface area (Å²) >= 11 is 0. The Bertz CT molecular complexity index is 112. The highest BCUT2D eigenvalue weighted by Crippen LogP contribution is 2.03. The minimum Gasteiger partial charge on any atom is -0.349 e. The molecule has 66 valence electrons. The third-order valence-corrected chi connectivity index (χ3v) is 1.98. The van der Waals surface area contributed by atoms with E-state index < -0.39 is 0 Å². The average Bonchev–Trinajstić information content (AvgIpc) is 1.97. The van der Waals surface area contributed by atoms with E-state index in [1.165, 1.54) is 19.3 Å². The van der Waals surface area contributed by atoms with Crippen LogP contribution in [0, 0.1) is 0 Å². The molecule has 0 aliphatic heterocycles. The molecule has 0 spiro atoms. The van der Waals surface area contributed by atoms with Gasteiger partial charge < -0.3 is 5.73 Å². The van der Waals surface area contributed by atoms with Crippen molar-refractivity contribution in [3.05, 3.63) is 0 Å². The van der Waals surface area contributed by atoms with Gasteiger partial charge in [-0.2, -0.15) is 0 Å². The maximum absolute atomic E-state index is 10.7. The lowest BCUT2D eigenvalue weighted by Crippen LogP contribution is -2.64. The van der Waals surface area contributed by atoms with Gasteiger partial charge in [0.15, 0.2) is 5.78 Å².